The van der Waals surface area contributed by atoms with Crippen molar-refractivity contribution in [2.24, 2.45) is 0 Å². The fraction of sp³-hybridized carbons (Fsp3) is 0.174. The highest BCUT2D eigenvalue weighted by atomic mass is 32.1. The number of aromatic nitrogens is 2. The summed E-state index contributed by atoms with van der Waals surface area (Å²) in [5, 5.41) is 4.03. The molecule has 2 aromatic carbocycles. The second-order valence-electron chi connectivity index (χ2n) is 6.74. The molecule has 0 aliphatic rings. The molecule has 0 saturated carbocycles. The van der Waals surface area contributed by atoms with Crippen molar-refractivity contribution >= 4 is 33.3 Å². The van der Waals surface area contributed by atoms with Gasteiger partial charge in [0, 0.05) is 17.4 Å². The molecule has 28 heavy (non-hydrogen) atoms. The average molecular weight is 388 g/mol. The van der Waals surface area contributed by atoms with Gasteiger partial charge in [-0.25, -0.2) is 9.97 Å². The second kappa shape index (κ2) is 7.90. The Kier molecular flexibility index (Phi) is 5.17. The highest BCUT2D eigenvalue weighted by Crippen LogP contribution is 2.31. The Labute approximate surface area is 168 Å². The van der Waals surface area contributed by atoms with Gasteiger partial charge < -0.3 is 5.32 Å². The first kappa shape index (κ1) is 18.3. The van der Waals surface area contributed by atoms with Crippen LogP contribution in [-0.4, -0.2) is 15.9 Å². The minimum Gasteiger partial charge on any atom is -0.325 e. The standard InChI is InChI=1S/C23H21N3OS/c1-3-18(16-8-5-4-6-9-16)21(27)25-19-12-11-17(14-15(19)2)22-26-20-10-7-13-24-23(20)28-22/h4-14,18H,3H2,1-2H3,(H,25,27)/t18-/m0/s1. The Morgan fingerprint density at radius 1 is 1.11 bits per heavy atom. The molecule has 0 fully saturated rings. The lowest BCUT2D eigenvalue weighted by Gasteiger charge is -2.17. The highest BCUT2D eigenvalue weighted by Gasteiger charge is 2.19. The molecule has 0 aliphatic carbocycles. The maximum Gasteiger partial charge on any atom is 0.231 e. The van der Waals surface area contributed by atoms with Crippen molar-refractivity contribution in [3.05, 3.63) is 78.0 Å². The van der Waals surface area contributed by atoms with Gasteiger partial charge in [0.05, 0.1) is 5.92 Å². The summed E-state index contributed by atoms with van der Waals surface area (Å²) in [4.78, 5) is 22.8. The van der Waals surface area contributed by atoms with E-state index in [1.807, 2.05) is 68.4 Å². The third-order valence-corrected chi connectivity index (χ3v) is 5.85. The van der Waals surface area contributed by atoms with Crippen LogP contribution in [0.25, 0.3) is 20.9 Å². The number of thiazole rings is 1. The van der Waals surface area contributed by atoms with E-state index in [2.05, 4.69) is 21.4 Å². The van der Waals surface area contributed by atoms with E-state index in [4.69, 9.17) is 0 Å². The van der Waals surface area contributed by atoms with E-state index in [-0.39, 0.29) is 11.8 Å². The number of nitrogens with one attached hydrogen (secondary N) is 1. The van der Waals surface area contributed by atoms with Gasteiger partial charge in [0.15, 0.2) is 0 Å². The smallest absolute Gasteiger partial charge is 0.231 e. The Morgan fingerprint density at radius 3 is 2.64 bits per heavy atom. The molecule has 1 N–H and O–H groups in total. The lowest BCUT2D eigenvalue weighted by molar-refractivity contribution is -0.117. The van der Waals surface area contributed by atoms with Crippen LogP contribution in [0.5, 0.6) is 0 Å². The molecule has 0 saturated heterocycles. The number of pyridine rings is 1. The molecule has 0 unspecified atom stereocenters. The van der Waals surface area contributed by atoms with Crippen LogP contribution >= 0.6 is 11.3 Å². The van der Waals surface area contributed by atoms with Crippen LogP contribution in [0, 0.1) is 6.92 Å². The number of anilines is 1. The summed E-state index contributed by atoms with van der Waals surface area (Å²) >= 11 is 1.58. The van der Waals surface area contributed by atoms with E-state index in [0.717, 1.165) is 44.2 Å². The third-order valence-electron chi connectivity index (χ3n) is 4.82. The molecular weight excluding hydrogens is 366 g/mol. The molecule has 4 rings (SSSR count). The van der Waals surface area contributed by atoms with Gasteiger partial charge in [0.1, 0.15) is 15.4 Å². The third kappa shape index (κ3) is 3.66. The minimum atomic E-state index is -0.157. The summed E-state index contributed by atoms with van der Waals surface area (Å²) in [5.41, 5.74) is 4.84. The topological polar surface area (TPSA) is 54.9 Å². The molecule has 2 aromatic heterocycles. The summed E-state index contributed by atoms with van der Waals surface area (Å²) in [6, 6.07) is 19.8. The van der Waals surface area contributed by atoms with Crippen molar-refractivity contribution in [3.63, 3.8) is 0 Å². The molecule has 2 heterocycles. The first-order chi connectivity index (χ1) is 13.7. The van der Waals surface area contributed by atoms with E-state index in [1.165, 1.54) is 0 Å². The van der Waals surface area contributed by atoms with Crippen molar-refractivity contribution in [2.45, 2.75) is 26.2 Å². The number of fused-ring (bicyclic) bond motifs is 1. The largest absolute Gasteiger partial charge is 0.325 e. The number of hydrogen-bond acceptors (Lipinski definition) is 4. The van der Waals surface area contributed by atoms with Gasteiger partial charge in [-0.2, -0.15) is 0 Å². The fourth-order valence-corrected chi connectivity index (χ4v) is 4.21. The predicted molar refractivity (Wildman–Crippen MR) is 116 cm³/mol. The van der Waals surface area contributed by atoms with Crippen molar-refractivity contribution in [2.75, 3.05) is 5.32 Å². The Morgan fingerprint density at radius 2 is 1.93 bits per heavy atom. The number of rotatable bonds is 5. The number of amides is 1. The van der Waals surface area contributed by atoms with Gasteiger partial charge in [0.2, 0.25) is 5.91 Å². The Balaban J connectivity index is 1.57. The number of benzene rings is 2. The maximum absolute atomic E-state index is 12.8. The van der Waals surface area contributed by atoms with Gasteiger partial charge in [0.25, 0.3) is 0 Å². The SMILES string of the molecule is CC[C@H](C(=O)Nc1ccc(-c2nc3cccnc3s2)cc1C)c1ccccc1. The highest BCUT2D eigenvalue weighted by molar-refractivity contribution is 7.21. The summed E-state index contributed by atoms with van der Waals surface area (Å²) in [7, 11) is 0. The van der Waals surface area contributed by atoms with Crippen LogP contribution in [0.4, 0.5) is 5.69 Å². The van der Waals surface area contributed by atoms with Gasteiger partial charge in [-0.3, -0.25) is 4.79 Å². The zero-order valence-electron chi connectivity index (χ0n) is 15.8. The Hall–Kier alpha value is -3.05. The van der Waals surface area contributed by atoms with Crippen LogP contribution in [0.15, 0.2) is 66.9 Å². The summed E-state index contributed by atoms with van der Waals surface area (Å²) in [5.74, 6) is -0.135. The lowest BCUT2D eigenvalue weighted by atomic mass is 9.95. The number of hydrogen-bond donors (Lipinski definition) is 1. The zero-order chi connectivity index (χ0) is 19.5. The number of nitrogens with zero attached hydrogens (tertiary/aromatic N) is 2. The van der Waals surface area contributed by atoms with Gasteiger partial charge >= 0.3 is 0 Å². The predicted octanol–water partition coefficient (Wildman–Crippen LogP) is 5.80. The zero-order valence-corrected chi connectivity index (χ0v) is 16.7. The molecule has 4 aromatic rings. The fourth-order valence-electron chi connectivity index (χ4n) is 3.31. The number of carbonyl (C=O) groups excluding carboxylic acids is 1. The van der Waals surface area contributed by atoms with E-state index in [0.29, 0.717) is 0 Å². The Bertz CT molecular complexity index is 1090. The van der Waals surface area contributed by atoms with E-state index >= 15 is 0 Å². The van der Waals surface area contributed by atoms with Gasteiger partial charge in [-0.15, -0.1) is 0 Å². The van der Waals surface area contributed by atoms with Crippen LogP contribution < -0.4 is 5.32 Å². The molecule has 1 amide bonds. The quantitative estimate of drug-likeness (QED) is 0.471. The molecule has 0 bridgehead atoms. The molecule has 5 heteroatoms. The van der Waals surface area contributed by atoms with Crippen molar-refractivity contribution in [1.29, 1.82) is 0 Å². The number of carbonyl (C=O) groups is 1. The van der Waals surface area contributed by atoms with Crippen LogP contribution in [0.2, 0.25) is 0 Å². The second-order valence-corrected chi connectivity index (χ2v) is 7.71. The minimum absolute atomic E-state index is 0.0220. The first-order valence-electron chi connectivity index (χ1n) is 9.34. The number of aryl methyl sites for hydroxylation is 1. The molecule has 1 atom stereocenters. The normalized spacial score (nSPS) is 12.1. The van der Waals surface area contributed by atoms with Crippen LogP contribution in [0.3, 0.4) is 0 Å². The maximum atomic E-state index is 12.8. The lowest BCUT2D eigenvalue weighted by Crippen LogP contribution is -2.21. The molecule has 0 spiro atoms. The van der Waals surface area contributed by atoms with Crippen molar-refractivity contribution in [3.8, 4) is 10.6 Å². The monoisotopic (exact) mass is 387 g/mol. The first-order valence-corrected chi connectivity index (χ1v) is 10.2. The van der Waals surface area contributed by atoms with Gasteiger partial charge in [-0.05, 0) is 54.8 Å². The van der Waals surface area contributed by atoms with E-state index in [9.17, 15) is 4.79 Å². The van der Waals surface area contributed by atoms with Crippen LogP contribution in [0.1, 0.15) is 30.4 Å². The van der Waals surface area contributed by atoms with E-state index in [1.54, 1.807) is 17.5 Å². The summed E-state index contributed by atoms with van der Waals surface area (Å²) < 4.78 is 0. The average Bonchev–Trinajstić information content (AvgIpc) is 3.15. The molecular formula is C23H21N3OS. The van der Waals surface area contributed by atoms with Crippen molar-refractivity contribution < 1.29 is 4.79 Å². The molecule has 0 radical (unpaired) electrons. The summed E-state index contributed by atoms with van der Waals surface area (Å²) in [6.07, 6.45) is 2.54. The molecule has 140 valence electrons. The van der Waals surface area contributed by atoms with E-state index < -0.39 is 0 Å². The van der Waals surface area contributed by atoms with Gasteiger partial charge in [-0.1, -0.05) is 48.6 Å². The summed E-state index contributed by atoms with van der Waals surface area (Å²) in [6.45, 7) is 4.04. The molecule has 0 aliphatic heterocycles. The van der Waals surface area contributed by atoms with Crippen LogP contribution in [-0.2, 0) is 4.79 Å². The molecule has 4 nitrogen and oxygen atoms in total. The van der Waals surface area contributed by atoms with Crippen molar-refractivity contribution in [1.82, 2.24) is 9.97 Å².